The van der Waals surface area contributed by atoms with Crippen LogP contribution in [0.25, 0.3) is 0 Å². The fourth-order valence-corrected chi connectivity index (χ4v) is 5.24. The first kappa shape index (κ1) is 17.0. The molecule has 1 aromatic rings. The highest BCUT2D eigenvalue weighted by molar-refractivity contribution is 7.89. The Hall–Kier alpha value is -1.33. The number of hydrogen-bond donors (Lipinski definition) is 0. The zero-order chi connectivity index (χ0) is 16.7. The first-order valence-corrected chi connectivity index (χ1v) is 8.99. The lowest BCUT2D eigenvalue weighted by Gasteiger charge is -2.28. The molecule has 22 heavy (non-hydrogen) atoms. The van der Waals surface area contributed by atoms with Crippen LogP contribution in [0.4, 0.5) is 0 Å². The zero-order valence-electron chi connectivity index (χ0n) is 14.2. The molecule has 1 aliphatic heterocycles. The fourth-order valence-electron chi connectivity index (χ4n) is 3.08. The number of hydrogen-bond acceptors (Lipinski definition) is 3. The van der Waals surface area contributed by atoms with Crippen LogP contribution in [-0.4, -0.2) is 32.4 Å². The number of sulfonamides is 1. The Morgan fingerprint density at radius 1 is 1.23 bits per heavy atom. The molecule has 2 rings (SSSR count). The van der Waals surface area contributed by atoms with Gasteiger partial charge in [0.15, 0.2) is 0 Å². The third kappa shape index (κ3) is 2.68. The average molecular weight is 323 g/mol. The molecule has 0 aromatic heterocycles. The van der Waals surface area contributed by atoms with Crippen LogP contribution in [0.3, 0.4) is 0 Å². The van der Waals surface area contributed by atoms with E-state index >= 15 is 0 Å². The predicted molar refractivity (Wildman–Crippen MR) is 88.9 cm³/mol. The molecule has 0 amide bonds. The molecule has 0 fully saturated rings. The molecule has 0 aliphatic carbocycles. The van der Waals surface area contributed by atoms with Crippen molar-refractivity contribution >= 4 is 10.0 Å². The highest BCUT2D eigenvalue weighted by Gasteiger charge is 2.36. The lowest BCUT2D eigenvalue weighted by Crippen LogP contribution is -2.39. The Kier molecular flexibility index (Phi) is 4.68. The van der Waals surface area contributed by atoms with Gasteiger partial charge in [-0.2, -0.15) is 4.31 Å². The van der Waals surface area contributed by atoms with Crippen molar-refractivity contribution < 1.29 is 13.2 Å². The summed E-state index contributed by atoms with van der Waals surface area (Å²) in [4.78, 5) is 0.417. The van der Waals surface area contributed by atoms with Crippen LogP contribution in [0.5, 0.6) is 5.75 Å². The summed E-state index contributed by atoms with van der Waals surface area (Å²) in [7, 11) is -1.92. The highest BCUT2D eigenvalue weighted by atomic mass is 32.2. The van der Waals surface area contributed by atoms with Gasteiger partial charge in [0, 0.05) is 12.6 Å². The second-order valence-corrected chi connectivity index (χ2v) is 8.04. The Morgan fingerprint density at radius 3 is 2.41 bits per heavy atom. The first-order valence-electron chi connectivity index (χ1n) is 7.55. The zero-order valence-corrected chi connectivity index (χ0v) is 15.0. The minimum atomic E-state index is -3.53. The number of nitrogens with zero attached hydrogens (tertiary/aromatic N) is 1. The van der Waals surface area contributed by atoms with Crippen molar-refractivity contribution in [3.63, 3.8) is 0 Å². The van der Waals surface area contributed by atoms with Crippen LogP contribution in [-0.2, 0) is 10.0 Å². The highest BCUT2D eigenvalue weighted by Crippen LogP contribution is 2.34. The van der Waals surface area contributed by atoms with Crippen molar-refractivity contribution in [2.45, 2.75) is 45.6 Å². The molecule has 0 spiro atoms. The SMILES string of the molecule is COc1cc(C)c(S(=O)(=O)N2CC=CC2C(C)C)c(C)c1C. The topological polar surface area (TPSA) is 46.6 Å². The molecule has 1 atom stereocenters. The molecule has 122 valence electrons. The summed E-state index contributed by atoms with van der Waals surface area (Å²) in [5.41, 5.74) is 2.38. The second kappa shape index (κ2) is 6.05. The van der Waals surface area contributed by atoms with E-state index in [1.165, 1.54) is 0 Å². The number of benzene rings is 1. The third-order valence-corrected chi connectivity index (χ3v) is 6.55. The quantitative estimate of drug-likeness (QED) is 0.799. The maximum absolute atomic E-state index is 13.2. The van der Waals surface area contributed by atoms with Crippen LogP contribution in [0.1, 0.15) is 30.5 Å². The number of aryl methyl sites for hydroxylation is 1. The van der Waals surface area contributed by atoms with Gasteiger partial charge in [-0.05, 0) is 49.4 Å². The summed E-state index contributed by atoms with van der Waals surface area (Å²) >= 11 is 0. The van der Waals surface area contributed by atoms with E-state index in [4.69, 9.17) is 4.74 Å². The van der Waals surface area contributed by atoms with Crippen molar-refractivity contribution in [3.8, 4) is 5.75 Å². The average Bonchev–Trinajstić information content (AvgIpc) is 2.93. The largest absolute Gasteiger partial charge is 0.496 e. The molecule has 0 radical (unpaired) electrons. The monoisotopic (exact) mass is 323 g/mol. The first-order chi connectivity index (χ1) is 10.2. The van der Waals surface area contributed by atoms with E-state index in [-0.39, 0.29) is 12.0 Å². The molecule has 0 saturated heterocycles. The molecule has 0 N–H and O–H groups in total. The lowest BCUT2D eigenvalue weighted by molar-refractivity contribution is 0.343. The van der Waals surface area contributed by atoms with Gasteiger partial charge >= 0.3 is 0 Å². The van der Waals surface area contributed by atoms with Crippen LogP contribution in [0.2, 0.25) is 0 Å². The van der Waals surface area contributed by atoms with E-state index in [0.717, 1.165) is 22.4 Å². The van der Waals surface area contributed by atoms with Crippen LogP contribution in [0, 0.1) is 26.7 Å². The predicted octanol–water partition coefficient (Wildman–Crippen LogP) is 3.21. The van der Waals surface area contributed by atoms with E-state index in [2.05, 4.69) is 0 Å². The second-order valence-electron chi connectivity index (χ2n) is 6.21. The smallest absolute Gasteiger partial charge is 0.244 e. The molecular weight excluding hydrogens is 298 g/mol. The van der Waals surface area contributed by atoms with Gasteiger partial charge in [0.25, 0.3) is 0 Å². The fraction of sp³-hybridized carbons (Fsp3) is 0.529. The van der Waals surface area contributed by atoms with Crippen molar-refractivity contribution in [3.05, 3.63) is 34.9 Å². The van der Waals surface area contributed by atoms with Crippen molar-refractivity contribution in [2.24, 2.45) is 5.92 Å². The minimum absolute atomic E-state index is 0.0776. The maximum Gasteiger partial charge on any atom is 0.244 e. The molecule has 0 saturated carbocycles. The Morgan fingerprint density at radius 2 is 1.86 bits per heavy atom. The van der Waals surface area contributed by atoms with Gasteiger partial charge in [0.1, 0.15) is 5.75 Å². The van der Waals surface area contributed by atoms with E-state index in [9.17, 15) is 8.42 Å². The van der Waals surface area contributed by atoms with Crippen molar-refractivity contribution in [1.82, 2.24) is 4.31 Å². The molecule has 1 heterocycles. The van der Waals surface area contributed by atoms with Crippen LogP contribution < -0.4 is 4.74 Å². The van der Waals surface area contributed by atoms with E-state index in [0.29, 0.717) is 11.4 Å². The van der Waals surface area contributed by atoms with E-state index in [1.54, 1.807) is 11.4 Å². The number of rotatable bonds is 4. The summed E-state index contributed by atoms with van der Waals surface area (Å²) < 4.78 is 33.3. The summed E-state index contributed by atoms with van der Waals surface area (Å²) in [6.45, 7) is 10.1. The van der Waals surface area contributed by atoms with Gasteiger partial charge in [0.2, 0.25) is 10.0 Å². The van der Waals surface area contributed by atoms with Gasteiger partial charge < -0.3 is 4.74 Å². The van der Waals surface area contributed by atoms with Crippen molar-refractivity contribution in [1.29, 1.82) is 0 Å². The Balaban J connectivity index is 2.58. The molecular formula is C17H25NO3S. The van der Waals surface area contributed by atoms with E-state index in [1.807, 2.05) is 52.8 Å². The van der Waals surface area contributed by atoms with Crippen molar-refractivity contribution in [2.75, 3.05) is 13.7 Å². The van der Waals surface area contributed by atoms with Crippen LogP contribution >= 0.6 is 0 Å². The summed E-state index contributed by atoms with van der Waals surface area (Å²) in [6, 6.07) is 1.73. The minimum Gasteiger partial charge on any atom is -0.496 e. The normalized spacial score (nSPS) is 19.1. The Bertz CT molecular complexity index is 705. The third-order valence-electron chi connectivity index (χ3n) is 4.40. The standard InChI is InChI=1S/C17H25NO3S/c1-11(2)15-8-7-9-18(15)22(19,20)17-12(3)10-16(21-6)13(4)14(17)5/h7-8,10-11,15H,9H2,1-6H3. The maximum atomic E-state index is 13.2. The Labute approximate surface area is 133 Å². The van der Waals surface area contributed by atoms with Gasteiger partial charge in [0.05, 0.1) is 12.0 Å². The van der Waals surface area contributed by atoms with E-state index < -0.39 is 10.0 Å². The molecule has 1 unspecified atom stereocenters. The summed E-state index contributed by atoms with van der Waals surface area (Å²) in [5.74, 6) is 0.974. The van der Waals surface area contributed by atoms with Gasteiger partial charge in [-0.3, -0.25) is 0 Å². The number of ether oxygens (including phenoxy) is 1. The molecule has 4 nitrogen and oxygen atoms in total. The van der Waals surface area contributed by atoms with Gasteiger partial charge in [-0.1, -0.05) is 26.0 Å². The van der Waals surface area contributed by atoms with Crippen LogP contribution in [0.15, 0.2) is 23.1 Å². The van der Waals surface area contributed by atoms with Gasteiger partial charge in [-0.15, -0.1) is 0 Å². The lowest BCUT2D eigenvalue weighted by atomic mass is 10.1. The number of methoxy groups -OCH3 is 1. The molecule has 5 heteroatoms. The summed E-state index contributed by atoms with van der Waals surface area (Å²) in [5, 5.41) is 0. The molecule has 0 bridgehead atoms. The molecule has 1 aromatic carbocycles. The van der Waals surface area contributed by atoms with Gasteiger partial charge in [-0.25, -0.2) is 8.42 Å². The summed E-state index contributed by atoms with van der Waals surface area (Å²) in [6.07, 6.45) is 3.92. The molecule has 1 aliphatic rings.